The van der Waals surface area contributed by atoms with Crippen LogP contribution in [0.4, 0.5) is 0 Å². The molecular weight excluding hydrogens is 309 g/mol. The van der Waals surface area contributed by atoms with E-state index in [1.54, 1.807) is 30.0 Å². The second-order valence-corrected chi connectivity index (χ2v) is 14.5. The van der Waals surface area contributed by atoms with Crippen molar-refractivity contribution in [3.05, 3.63) is 30.3 Å². The lowest BCUT2D eigenvalue weighted by Gasteiger charge is -2.28. The second-order valence-electron chi connectivity index (χ2n) is 6.79. The molecule has 1 aromatic rings. The molecule has 2 aliphatic heterocycles. The Morgan fingerprint density at radius 3 is 1.86 bits per heavy atom. The van der Waals surface area contributed by atoms with E-state index >= 15 is 0 Å². The first-order valence-electron chi connectivity index (χ1n) is 8.44. The van der Waals surface area contributed by atoms with Crippen molar-refractivity contribution in [3.63, 3.8) is 0 Å². The van der Waals surface area contributed by atoms with Crippen molar-refractivity contribution in [1.29, 1.82) is 0 Å². The number of hydrogen-bond acceptors (Lipinski definition) is 0. The largest absolute Gasteiger partial charge is 0.106 e. The summed E-state index contributed by atoms with van der Waals surface area (Å²) in [5, 5.41) is 1.69. The van der Waals surface area contributed by atoms with Crippen LogP contribution in [0.2, 0.25) is 0 Å². The minimum Gasteiger partial charge on any atom is -0.106 e. The third-order valence-electron chi connectivity index (χ3n) is 5.33. The highest BCUT2D eigenvalue weighted by molar-refractivity contribution is 7.68. The SMILES string of the molecule is CP1CCC[C@@H]1CP(C[C@H]1CCCP1C)c1ccccc1. The monoisotopic (exact) mass is 338 g/mol. The summed E-state index contributed by atoms with van der Waals surface area (Å²) in [5.74, 6) is 0. The van der Waals surface area contributed by atoms with Crippen molar-refractivity contribution in [2.24, 2.45) is 0 Å². The summed E-state index contributed by atoms with van der Waals surface area (Å²) in [6.07, 6.45) is 12.2. The Labute approximate surface area is 134 Å². The van der Waals surface area contributed by atoms with Gasteiger partial charge in [-0.1, -0.05) is 38.3 Å². The van der Waals surface area contributed by atoms with E-state index in [1.165, 1.54) is 25.7 Å². The van der Waals surface area contributed by atoms with E-state index < -0.39 is 0 Å². The molecule has 116 valence electrons. The van der Waals surface area contributed by atoms with Crippen LogP contribution in [0.5, 0.6) is 0 Å². The maximum absolute atomic E-state index is 2.56. The fourth-order valence-corrected chi connectivity index (χ4v) is 13.2. The van der Waals surface area contributed by atoms with Crippen molar-refractivity contribution < 1.29 is 0 Å². The van der Waals surface area contributed by atoms with Gasteiger partial charge >= 0.3 is 0 Å². The number of hydrogen-bond donors (Lipinski definition) is 0. The lowest BCUT2D eigenvalue weighted by molar-refractivity contribution is 0.826. The number of benzene rings is 1. The van der Waals surface area contributed by atoms with Crippen LogP contribution in [-0.2, 0) is 0 Å². The first kappa shape index (κ1) is 16.4. The Morgan fingerprint density at radius 1 is 0.905 bits per heavy atom. The van der Waals surface area contributed by atoms with Gasteiger partial charge in [0.2, 0.25) is 0 Å². The molecule has 0 aliphatic carbocycles. The normalized spacial score (nSPS) is 34.2. The van der Waals surface area contributed by atoms with Crippen LogP contribution in [0.3, 0.4) is 0 Å². The van der Waals surface area contributed by atoms with Crippen LogP contribution >= 0.6 is 23.8 Å². The summed E-state index contributed by atoms with van der Waals surface area (Å²) < 4.78 is 0. The molecule has 2 fully saturated rings. The molecule has 3 rings (SSSR count). The molecule has 2 heterocycles. The summed E-state index contributed by atoms with van der Waals surface area (Å²) in [4.78, 5) is 0. The van der Waals surface area contributed by atoms with Crippen molar-refractivity contribution in [3.8, 4) is 0 Å². The first-order valence-corrected chi connectivity index (χ1v) is 14.2. The Balaban J connectivity index is 1.71. The van der Waals surface area contributed by atoms with Crippen LogP contribution in [-0.4, -0.2) is 49.3 Å². The van der Waals surface area contributed by atoms with Crippen LogP contribution in [0.1, 0.15) is 25.7 Å². The van der Waals surface area contributed by atoms with Gasteiger partial charge in [0.05, 0.1) is 0 Å². The topological polar surface area (TPSA) is 0 Å². The molecule has 0 nitrogen and oxygen atoms in total. The molecule has 0 bridgehead atoms. The lowest BCUT2D eigenvalue weighted by atomic mass is 10.3. The van der Waals surface area contributed by atoms with Crippen LogP contribution in [0.25, 0.3) is 0 Å². The van der Waals surface area contributed by atoms with E-state index in [2.05, 4.69) is 43.7 Å². The van der Waals surface area contributed by atoms with Gasteiger partial charge in [-0.25, -0.2) is 0 Å². The molecule has 3 heteroatoms. The van der Waals surface area contributed by atoms with Gasteiger partial charge in [0, 0.05) is 0 Å². The molecule has 4 atom stereocenters. The smallest absolute Gasteiger partial charge is 0.0169 e. The summed E-state index contributed by atoms with van der Waals surface area (Å²) in [6.45, 7) is 5.13. The van der Waals surface area contributed by atoms with E-state index in [4.69, 9.17) is 0 Å². The second kappa shape index (κ2) is 7.86. The average Bonchev–Trinajstić information content (AvgIpc) is 3.09. The predicted molar refractivity (Wildman–Crippen MR) is 104 cm³/mol. The summed E-state index contributed by atoms with van der Waals surface area (Å²) in [5.41, 5.74) is 2.16. The molecule has 21 heavy (non-hydrogen) atoms. The van der Waals surface area contributed by atoms with E-state index in [0.717, 1.165) is 11.3 Å². The fraction of sp³-hybridized carbons (Fsp3) is 0.667. The Bertz CT molecular complexity index is 411. The maximum atomic E-state index is 2.56. The summed E-state index contributed by atoms with van der Waals surface area (Å²) in [6, 6.07) is 11.5. The zero-order chi connectivity index (χ0) is 14.7. The summed E-state index contributed by atoms with van der Waals surface area (Å²) >= 11 is 0. The standard InChI is InChI=1S/C18H29P3/c1-19-12-6-10-17(19)14-21(16-8-4-3-5-9-16)15-18-11-7-13-20(18)2/h3-5,8-9,17-18H,6-7,10-15H2,1-2H3/t17-,18-,19?,20?,21?/m1/s1. The molecule has 2 aliphatic rings. The first-order chi connectivity index (χ1) is 10.2. The lowest BCUT2D eigenvalue weighted by Crippen LogP contribution is -2.18. The zero-order valence-corrected chi connectivity index (χ0v) is 16.2. The summed E-state index contributed by atoms with van der Waals surface area (Å²) in [7, 11) is 0.784. The Kier molecular flexibility index (Phi) is 6.13. The fourth-order valence-electron chi connectivity index (χ4n) is 3.85. The van der Waals surface area contributed by atoms with Crippen molar-refractivity contribution in [2.75, 3.05) is 38.0 Å². The predicted octanol–water partition coefficient (Wildman–Crippen LogP) is 5.34. The van der Waals surface area contributed by atoms with E-state index in [1.807, 2.05) is 0 Å². The molecule has 0 amide bonds. The molecule has 1 aromatic carbocycles. The van der Waals surface area contributed by atoms with Crippen LogP contribution < -0.4 is 5.30 Å². The Hall–Kier alpha value is 0.510. The van der Waals surface area contributed by atoms with Gasteiger partial charge in [0.1, 0.15) is 0 Å². The van der Waals surface area contributed by atoms with Gasteiger partial charge in [0.15, 0.2) is 0 Å². The molecule has 0 spiro atoms. The molecular formula is C18H29P3. The zero-order valence-electron chi connectivity index (χ0n) is 13.5. The highest BCUT2D eigenvalue weighted by Gasteiger charge is 2.30. The molecule has 2 saturated heterocycles. The van der Waals surface area contributed by atoms with Crippen molar-refractivity contribution in [1.82, 2.24) is 0 Å². The van der Waals surface area contributed by atoms with Gasteiger partial charge in [-0.3, -0.25) is 0 Å². The number of rotatable bonds is 5. The van der Waals surface area contributed by atoms with Crippen LogP contribution in [0, 0.1) is 0 Å². The third-order valence-corrected chi connectivity index (χ3v) is 14.1. The molecule has 0 radical (unpaired) electrons. The van der Waals surface area contributed by atoms with Crippen molar-refractivity contribution in [2.45, 2.75) is 37.0 Å². The minimum atomic E-state index is 0.101. The van der Waals surface area contributed by atoms with Gasteiger partial charge in [-0.2, -0.15) is 0 Å². The van der Waals surface area contributed by atoms with Gasteiger partial charge < -0.3 is 0 Å². The maximum Gasteiger partial charge on any atom is -0.0169 e. The van der Waals surface area contributed by atoms with E-state index in [0.29, 0.717) is 15.8 Å². The molecule has 0 N–H and O–H groups in total. The van der Waals surface area contributed by atoms with Crippen molar-refractivity contribution >= 4 is 29.1 Å². The highest BCUT2D eigenvalue weighted by atomic mass is 31.1. The minimum absolute atomic E-state index is 0.101. The average molecular weight is 338 g/mol. The molecule has 0 aromatic heterocycles. The van der Waals surface area contributed by atoms with Gasteiger partial charge in [-0.15, -0.1) is 15.8 Å². The van der Waals surface area contributed by atoms with E-state index in [9.17, 15) is 0 Å². The van der Waals surface area contributed by atoms with Gasteiger partial charge in [-0.05, 0) is 80.3 Å². The van der Waals surface area contributed by atoms with Crippen LogP contribution in [0.15, 0.2) is 30.3 Å². The highest BCUT2D eigenvalue weighted by Crippen LogP contribution is 2.56. The quantitative estimate of drug-likeness (QED) is 0.636. The Morgan fingerprint density at radius 2 is 1.43 bits per heavy atom. The molecule has 2 unspecified atom stereocenters. The third kappa shape index (κ3) is 4.28. The van der Waals surface area contributed by atoms with Gasteiger partial charge in [0.25, 0.3) is 0 Å². The molecule has 0 saturated carbocycles. The van der Waals surface area contributed by atoms with E-state index in [-0.39, 0.29) is 7.92 Å².